The summed E-state index contributed by atoms with van der Waals surface area (Å²) in [5.74, 6) is 1.89. The number of carbonyl (C=O) groups excluding carboxylic acids is 1. The third kappa shape index (κ3) is 2.36. The number of rotatable bonds is 2. The van der Waals surface area contributed by atoms with Crippen molar-refractivity contribution in [2.24, 2.45) is 5.92 Å². The maximum atomic E-state index is 12.6. The van der Waals surface area contributed by atoms with Crippen molar-refractivity contribution in [3.8, 4) is 5.75 Å². The SMILES string of the molecule is O=C(Nc1cccc2c1OCCC2)C1CCn2ccnc2C1. The lowest BCUT2D eigenvalue weighted by Gasteiger charge is -2.24. The number of amides is 1. The normalized spacial score (nSPS) is 19.7. The Balaban J connectivity index is 1.51. The first-order valence-corrected chi connectivity index (χ1v) is 7.87. The quantitative estimate of drug-likeness (QED) is 0.926. The number of nitrogens with one attached hydrogen (secondary N) is 1. The molecule has 0 spiro atoms. The average molecular weight is 297 g/mol. The topological polar surface area (TPSA) is 56.1 Å². The molecule has 1 atom stereocenters. The minimum absolute atomic E-state index is 0.0191. The molecule has 1 aromatic heterocycles. The van der Waals surface area contributed by atoms with E-state index >= 15 is 0 Å². The van der Waals surface area contributed by atoms with Crippen molar-refractivity contribution < 1.29 is 9.53 Å². The van der Waals surface area contributed by atoms with Gasteiger partial charge in [-0.15, -0.1) is 0 Å². The van der Waals surface area contributed by atoms with Crippen LogP contribution in [0.3, 0.4) is 0 Å². The number of aryl methyl sites for hydroxylation is 2. The molecule has 5 heteroatoms. The molecule has 0 saturated carbocycles. The Morgan fingerprint density at radius 3 is 3.32 bits per heavy atom. The van der Waals surface area contributed by atoms with Crippen LogP contribution in [0.2, 0.25) is 0 Å². The van der Waals surface area contributed by atoms with Gasteiger partial charge in [-0.3, -0.25) is 4.79 Å². The summed E-state index contributed by atoms with van der Waals surface area (Å²) in [5.41, 5.74) is 1.99. The van der Waals surface area contributed by atoms with E-state index in [1.165, 1.54) is 5.56 Å². The van der Waals surface area contributed by atoms with Crippen molar-refractivity contribution in [1.82, 2.24) is 9.55 Å². The molecule has 0 saturated heterocycles. The zero-order valence-electron chi connectivity index (χ0n) is 12.4. The molecule has 0 fully saturated rings. The summed E-state index contributed by atoms with van der Waals surface area (Å²) in [6.07, 6.45) is 7.39. The molecule has 2 aliphatic heterocycles. The first-order valence-electron chi connectivity index (χ1n) is 7.87. The van der Waals surface area contributed by atoms with Gasteiger partial charge >= 0.3 is 0 Å². The lowest BCUT2D eigenvalue weighted by atomic mass is 9.96. The summed E-state index contributed by atoms with van der Waals surface area (Å²) in [6.45, 7) is 1.58. The number of anilines is 1. The number of fused-ring (bicyclic) bond motifs is 2. The fourth-order valence-corrected chi connectivity index (χ4v) is 3.30. The summed E-state index contributed by atoms with van der Waals surface area (Å²) >= 11 is 0. The van der Waals surface area contributed by atoms with Crippen LogP contribution >= 0.6 is 0 Å². The van der Waals surface area contributed by atoms with E-state index in [0.29, 0.717) is 6.42 Å². The third-order valence-corrected chi connectivity index (χ3v) is 4.51. The maximum Gasteiger partial charge on any atom is 0.228 e. The number of nitrogens with zero attached hydrogens (tertiary/aromatic N) is 2. The summed E-state index contributed by atoms with van der Waals surface area (Å²) in [7, 11) is 0. The minimum Gasteiger partial charge on any atom is -0.491 e. The van der Waals surface area contributed by atoms with Crippen molar-refractivity contribution >= 4 is 11.6 Å². The summed E-state index contributed by atoms with van der Waals surface area (Å²) in [4.78, 5) is 16.9. The first kappa shape index (κ1) is 13.4. The van der Waals surface area contributed by atoms with E-state index in [9.17, 15) is 4.79 Å². The molecule has 1 unspecified atom stereocenters. The number of aromatic nitrogens is 2. The van der Waals surface area contributed by atoms with Crippen LogP contribution in [0.1, 0.15) is 24.2 Å². The van der Waals surface area contributed by atoms with Crippen molar-refractivity contribution in [2.75, 3.05) is 11.9 Å². The predicted molar refractivity (Wildman–Crippen MR) is 82.9 cm³/mol. The van der Waals surface area contributed by atoms with Gasteiger partial charge in [0.05, 0.1) is 12.3 Å². The minimum atomic E-state index is -0.0191. The molecular formula is C17H19N3O2. The number of benzene rings is 1. The second-order valence-electron chi connectivity index (χ2n) is 5.96. The molecule has 0 radical (unpaired) electrons. The van der Waals surface area contributed by atoms with Crippen LogP contribution in [0.4, 0.5) is 5.69 Å². The van der Waals surface area contributed by atoms with Gasteiger partial charge in [0.1, 0.15) is 11.6 Å². The summed E-state index contributed by atoms with van der Waals surface area (Å²) in [6, 6.07) is 5.98. The summed E-state index contributed by atoms with van der Waals surface area (Å²) in [5, 5.41) is 3.06. The Morgan fingerprint density at radius 1 is 1.41 bits per heavy atom. The molecule has 0 bridgehead atoms. The largest absolute Gasteiger partial charge is 0.491 e. The molecule has 1 amide bonds. The van der Waals surface area contributed by atoms with E-state index in [-0.39, 0.29) is 11.8 Å². The second-order valence-corrected chi connectivity index (χ2v) is 5.96. The maximum absolute atomic E-state index is 12.6. The average Bonchev–Trinajstić information content (AvgIpc) is 3.02. The van der Waals surface area contributed by atoms with Crippen molar-refractivity contribution in [2.45, 2.75) is 32.2 Å². The molecular weight excluding hydrogens is 278 g/mol. The highest BCUT2D eigenvalue weighted by atomic mass is 16.5. The van der Waals surface area contributed by atoms with Gasteiger partial charge in [-0.25, -0.2) is 4.98 Å². The van der Waals surface area contributed by atoms with Gasteiger partial charge in [-0.1, -0.05) is 12.1 Å². The number of hydrogen-bond donors (Lipinski definition) is 1. The van der Waals surface area contributed by atoms with Crippen LogP contribution in [-0.2, 0) is 24.2 Å². The van der Waals surface area contributed by atoms with Crippen LogP contribution in [0, 0.1) is 5.92 Å². The van der Waals surface area contributed by atoms with Gasteiger partial charge in [0.25, 0.3) is 0 Å². The number of carbonyl (C=O) groups is 1. The van der Waals surface area contributed by atoms with Gasteiger partial charge in [-0.2, -0.15) is 0 Å². The van der Waals surface area contributed by atoms with Crippen LogP contribution in [0.5, 0.6) is 5.75 Å². The van der Waals surface area contributed by atoms with E-state index in [0.717, 1.165) is 49.7 Å². The molecule has 0 aliphatic carbocycles. The highest BCUT2D eigenvalue weighted by Gasteiger charge is 2.26. The number of imidazole rings is 1. The molecule has 22 heavy (non-hydrogen) atoms. The Bertz CT molecular complexity index is 708. The molecule has 3 heterocycles. The Hall–Kier alpha value is -2.30. The van der Waals surface area contributed by atoms with Crippen LogP contribution < -0.4 is 10.1 Å². The lowest BCUT2D eigenvalue weighted by molar-refractivity contribution is -0.120. The van der Waals surface area contributed by atoms with Gasteiger partial charge in [0.15, 0.2) is 0 Å². The van der Waals surface area contributed by atoms with Crippen LogP contribution in [0.25, 0.3) is 0 Å². The highest BCUT2D eigenvalue weighted by Crippen LogP contribution is 2.33. The fraction of sp³-hybridized carbons (Fsp3) is 0.412. The second kappa shape index (κ2) is 5.48. The van der Waals surface area contributed by atoms with Gasteiger partial charge in [0.2, 0.25) is 5.91 Å². The molecule has 1 N–H and O–H groups in total. The standard InChI is InChI=1S/C17H19N3O2/c21-17(13-6-8-20-9-7-18-15(20)11-13)19-14-5-1-3-12-4-2-10-22-16(12)14/h1,3,5,7,9,13H,2,4,6,8,10-11H2,(H,19,21). The monoisotopic (exact) mass is 297 g/mol. The zero-order valence-corrected chi connectivity index (χ0v) is 12.4. The van der Waals surface area contributed by atoms with Gasteiger partial charge in [-0.05, 0) is 30.9 Å². The molecule has 2 aromatic rings. The predicted octanol–water partition coefficient (Wildman–Crippen LogP) is 2.41. The van der Waals surface area contributed by atoms with Crippen LogP contribution in [-0.4, -0.2) is 22.1 Å². The van der Waals surface area contributed by atoms with Gasteiger partial charge < -0.3 is 14.6 Å². The zero-order chi connectivity index (χ0) is 14.9. The van der Waals surface area contributed by atoms with E-state index in [1.54, 1.807) is 6.20 Å². The Kier molecular flexibility index (Phi) is 3.33. The lowest BCUT2D eigenvalue weighted by Crippen LogP contribution is -2.30. The Labute approximate surface area is 129 Å². The van der Waals surface area contributed by atoms with E-state index in [4.69, 9.17) is 4.74 Å². The van der Waals surface area contributed by atoms with Crippen molar-refractivity contribution in [1.29, 1.82) is 0 Å². The van der Waals surface area contributed by atoms with Gasteiger partial charge in [0, 0.05) is 31.3 Å². The Morgan fingerprint density at radius 2 is 2.36 bits per heavy atom. The third-order valence-electron chi connectivity index (χ3n) is 4.51. The van der Waals surface area contributed by atoms with E-state index in [2.05, 4.69) is 20.9 Å². The highest BCUT2D eigenvalue weighted by molar-refractivity contribution is 5.94. The first-order chi connectivity index (χ1) is 10.8. The van der Waals surface area contributed by atoms with E-state index in [1.807, 2.05) is 18.3 Å². The number of hydrogen-bond acceptors (Lipinski definition) is 3. The molecule has 1 aromatic carbocycles. The van der Waals surface area contributed by atoms with Crippen molar-refractivity contribution in [3.63, 3.8) is 0 Å². The van der Waals surface area contributed by atoms with Crippen molar-refractivity contribution in [3.05, 3.63) is 42.0 Å². The molecule has 4 rings (SSSR count). The number of para-hydroxylation sites is 1. The smallest absolute Gasteiger partial charge is 0.228 e. The molecule has 114 valence electrons. The van der Waals surface area contributed by atoms with E-state index < -0.39 is 0 Å². The number of ether oxygens (including phenoxy) is 1. The summed E-state index contributed by atoms with van der Waals surface area (Å²) < 4.78 is 7.88. The fourth-order valence-electron chi connectivity index (χ4n) is 3.30. The van der Waals surface area contributed by atoms with Crippen LogP contribution in [0.15, 0.2) is 30.6 Å². The molecule has 2 aliphatic rings. The molecule has 5 nitrogen and oxygen atoms in total.